The van der Waals surface area contributed by atoms with E-state index in [4.69, 9.17) is 9.26 Å². The van der Waals surface area contributed by atoms with Crippen molar-refractivity contribution in [3.8, 4) is 5.75 Å². The molecule has 2 aromatic carbocycles. The smallest absolute Gasteiger partial charge is 0.266 e. The Morgan fingerprint density at radius 2 is 2.10 bits per heavy atom. The van der Waals surface area contributed by atoms with Gasteiger partial charge in [0.05, 0.1) is 13.7 Å². The number of halogens is 1. The van der Waals surface area contributed by atoms with Crippen LogP contribution in [0.3, 0.4) is 0 Å². The lowest BCUT2D eigenvalue weighted by Gasteiger charge is -2.10. The van der Waals surface area contributed by atoms with E-state index in [1.165, 1.54) is 26.2 Å². The molecule has 4 aromatic rings. The van der Waals surface area contributed by atoms with Crippen LogP contribution in [0, 0.1) is 12.7 Å². The van der Waals surface area contributed by atoms with Gasteiger partial charge in [0.25, 0.3) is 10.0 Å². The van der Waals surface area contributed by atoms with Crippen LogP contribution in [-0.2, 0) is 16.6 Å². The summed E-state index contributed by atoms with van der Waals surface area (Å²) in [7, 11) is -2.77. The summed E-state index contributed by atoms with van der Waals surface area (Å²) in [5.41, 5.74) is 1.43. The van der Waals surface area contributed by atoms with Crippen LogP contribution in [-0.4, -0.2) is 30.5 Å². The normalized spacial score (nSPS) is 11.7. The third-order valence-corrected chi connectivity index (χ3v) is 5.90. The van der Waals surface area contributed by atoms with Crippen LogP contribution in [0.2, 0.25) is 0 Å². The van der Waals surface area contributed by atoms with Gasteiger partial charge in [0.1, 0.15) is 21.8 Å². The molecule has 0 saturated heterocycles. The second-order valence-corrected chi connectivity index (χ2v) is 8.02. The fourth-order valence-corrected chi connectivity index (χ4v) is 4.44. The Kier molecular flexibility index (Phi) is 4.71. The molecule has 0 saturated carbocycles. The maximum Gasteiger partial charge on any atom is 0.266 e. The highest BCUT2D eigenvalue weighted by atomic mass is 32.2. The molecule has 0 aliphatic rings. The Morgan fingerprint density at radius 3 is 2.79 bits per heavy atom. The van der Waals surface area contributed by atoms with Crippen LogP contribution in [0.1, 0.15) is 11.1 Å². The fraction of sp³-hybridized carbons (Fsp3) is 0.158. The van der Waals surface area contributed by atoms with E-state index in [0.29, 0.717) is 23.3 Å². The van der Waals surface area contributed by atoms with Crippen LogP contribution in [0.15, 0.2) is 58.2 Å². The molecule has 150 valence electrons. The SMILES string of the molecule is COc1cc(Cn2cccn2)cc2onc(NS(=O)(=O)c3c(C)cccc3F)c12. The van der Waals surface area contributed by atoms with Gasteiger partial charge in [0, 0.05) is 12.4 Å². The van der Waals surface area contributed by atoms with Crippen molar-refractivity contribution >= 4 is 26.8 Å². The Balaban J connectivity index is 1.75. The third-order valence-electron chi connectivity index (χ3n) is 4.39. The number of hydrogen-bond donors (Lipinski definition) is 1. The van der Waals surface area contributed by atoms with Gasteiger partial charge in [0.15, 0.2) is 11.4 Å². The third kappa shape index (κ3) is 3.54. The molecule has 0 bridgehead atoms. The van der Waals surface area contributed by atoms with Crippen LogP contribution in [0.25, 0.3) is 11.0 Å². The number of aryl methyl sites for hydroxylation is 1. The number of sulfonamides is 1. The van der Waals surface area contributed by atoms with Gasteiger partial charge >= 0.3 is 0 Å². The van der Waals surface area contributed by atoms with Crippen molar-refractivity contribution < 1.29 is 22.1 Å². The van der Waals surface area contributed by atoms with E-state index in [1.807, 2.05) is 12.3 Å². The fourth-order valence-electron chi connectivity index (χ4n) is 3.13. The molecule has 0 aliphatic heterocycles. The molecule has 4 rings (SSSR count). The van der Waals surface area contributed by atoms with Gasteiger partial charge in [-0.05, 0) is 42.3 Å². The number of nitrogens with one attached hydrogen (secondary N) is 1. The second kappa shape index (κ2) is 7.21. The lowest BCUT2D eigenvalue weighted by molar-refractivity contribution is 0.418. The predicted molar refractivity (Wildman–Crippen MR) is 104 cm³/mol. The van der Waals surface area contributed by atoms with Crippen molar-refractivity contribution in [2.75, 3.05) is 11.8 Å². The molecule has 0 aliphatic carbocycles. The number of aromatic nitrogens is 3. The van der Waals surface area contributed by atoms with Crippen LogP contribution >= 0.6 is 0 Å². The van der Waals surface area contributed by atoms with Crippen molar-refractivity contribution in [1.82, 2.24) is 14.9 Å². The minimum atomic E-state index is -4.23. The number of ether oxygens (including phenoxy) is 1. The van der Waals surface area contributed by atoms with Gasteiger partial charge in [-0.25, -0.2) is 12.8 Å². The second-order valence-electron chi connectivity index (χ2n) is 6.40. The van der Waals surface area contributed by atoms with Crippen molar-refractivity contribution in [2.24, 2.45) is 0 Å². The number of rotatable bonds is 6. The van der Waals surface area contributed by atoms with E-state index in [2.05, 4.69) is 15.0 Å². The maximum atomic E-state index is 14.2. The van der Waals surface area contributed by atoms with Gasteiger partial charge in [-0.2, -0.15) is 5.10 Å². The summed E-state index contributed by atoms with van der Waals surface area (Å²) in [6.45, 7) is 1.98. The first-order valence-electron chi connectivity index (χ1n) is 8.60. The molecule has 0 spiro atoms. The topological polar surface area (TPSA) is 99.2 Å². The molecule has 1 N–H and O–H groups in total. The van der Waals surface area contributed by atoms with E-state index < -0.39 is 20.7 Å². The highest BCUT2D eigenvalue weighted by Gasteiger charge is 2.25. The van der Waals surface area contributed by atoms with Crippen LogP contribution < -0.4 is 9.46 Å². The molecular weight excluding hydrogens is 399 g/mol. The summed E-state index contributed by atoms with van der Waals surface area (Å²) in [4.78, 5) is -0.439. The van der Waals surface area contributed by atoms with Gasteiger partial charge < -0.3 is 9.26 Å². The average Bonchev–Trinajstić information content (AvgIpc) is 3.31. The van der Waals surface area contributed by atoms with Crippen molar-refractivity contribution in [1.29, 1.82) is 0 Å². The zero-order valence-corrected chi connectivity index (χ0v) is 16.4. The molecule has 10 heteroatoms. The van der Waals surface area contributed by atoms with Gasteiger partial charge in [-0.3, -0.25) is 9.40 Å². The number of nitrogens with zero attached hydrogens (tertiary/aromatic N) is 3. The molecule has 0 unspecified atom stereocenters. The Labute approximate surface area is 165 Å². The first kappa shape index (κ1) is 18.9. The highest BCUT2D eigenvalue weighted by molar-refractivity contribution is 7.92. The lowest BCUT2D eigenvalue weighted by Crippen LogP contribution is -2.16. The first-order valence-corrected chi connectivity index (χ1v) is 10.1. The van der Waals surface area contributed by atoms with Crippen LogP contribution in [0.4, 0.5) is 10.2 Å². The minimum Gasteiger partial charge on any atom is -0.496 e. The molecule has 2 aromatic heterocycles. The van der Waals surface area contributed by atoms with E-state index in [1.54, 1.807) is 23.0 Å². The monoisotopic (exact) mass is 416 g/mol. The molecule has 0 amide bonds. The molecular formula is C19H17FN4O4S. The van der Waals surface area contributed by atoms with Crippen molar-refractivity contribution in [2.45, 2.75) is 18.4 Å². The lowest BCUT2D eigenvalue weighted by atomic mass is 10.1. The summed E-state index contributed by atoms with van der Waals surface area (Å²) in [5.74, 6) is -0.558. The standard InChI is InChI=1S/C19H17FN4O4S/c1-12-5-3-6-14(20)18(12)29(25,26)23-19-17-15(27-2)9-13(10-16(17)28-22-19)11-24-8-4-7-21-24/h3-10H,11H2,1-2H3,(H,22,23). The van der Waals surface area contributed by atoms with E-state index in [9.17, 15) is 12.8 Å². The Bertz CT molecular complexity index is 1260. The number of fused-ring (bicyclic) bond motifs is 1. The van der Waals surface area contributed by atoms with Crippen molar-refractivity contribution in [3.05, 3.63) is 65.7 Å². The summed E-state index contributed by atoms with van der Waals surface area (Å²) in [5, 5.41) is 8.32. The Hall–Kier alpha value is -3.40. The molecule has 0 atom stereocenters. The van der Waals surface area contributed by atoms with E-state index >= 15 is 0 Å². The summed E-state index contributed by atoms with van der Waals surface area (Å²) in [6.07, 6.45) is 3.48. The van der Waals surface area contributed by atoms with Crippen molar-refractivity contribution in [3.63, 3.8) is 0 Å². The van der Waals surface area contributed by atoms with E-state index in [-0.39, 0.29) is 11.4 Å². The Morgan fingerprint density at radius 1 is 1.28 bits per heavy atom. The van der Waals surface area contributed by atoms with E-state index in [0.717, 1.165) is 11.6 Å². The first-order chi connectivity index (χ1) is 13.9. The highest BCUT2D eigenvalue weighted by Crippen LogP contribution is 2.35. The van der Waals surface area contributed by atoms with Gasteiger partial charge in [0.2, 0.25) is 0 Å². The molecule has 2 heterocycles. The predicted octanol–water partition coefficient (Wildman–Crippen LogP) is 3.33. The molecule has 0 radical (unpaired) electrons. The number of hydrogen-bond acceptors (Lipinski definition) is 6. The number of anilines is 1. The van der Waals surface area contributed by atoms with Gasteiger partial charge in [-0.1, -0.05) is 17.3 Å². The maximum absolute atomic E-state index is 14.2. The van der Waals surface area contributed by atoms with Crippen LogP contribution in [0.5, 0.6) is 5.75 Å². The molecule has 29 heavy (non-hydrogen) atoms. The largest absolute Gasteiger partial charge is 0.496 e. The zero-order chi connectivity index (χ0) is 20.6. The number of methoxy groups -OCH3 is 1. The summed E-state index contributed by atoms with van der Waals surface area (Å²) in [6, 6.07) is 9.32. The number of benzene rings is 2. The molecule has 0 fully saturated rings. The minimum absolute atomic E-state index is 0.0786. The quantitative estimate of drug-likeness (QED) is 0.518. The van der Waals surface area contributed by atoms with Gasteiger partial charge in [-0.15, -0.1) is 0 Å². The summed E-state index contributed by atoms with van der Waals surface area (Å²) >= 11 is 0. The summed E-state index contributed by atoms with van der Waals surface area (Å²) < 4.78 is 54.5. The average molecular weight is 416 g/mol. The molecule has 8 nitrogen and oxygen atoms in total. The zero-order valence-electron chi connectivity index (χ0n) is 15.6.